The van der Waals surface area contributed by atoms with Crippen molar-refractivity contribution in [2.75, 3.05) is 36.0 Å². The van der Waals surface area contributed by atoms with Crippen LogP contribution in [-0.2, 0) is 6.18 Å². The first-order valence-corrected chi connectivity index (χ1v) is 8.71. The molecule has 0 spiro atoms. The minimum absolute atomic E-state index is 0.0554. The summed E-state index contributed by atoms with van der Waals surface area (Å²) in [6, 6.07) is 1.04. The summed E-state index contributed by atoms with van der Waals surface area (Å²) in [7, 11) is 0. The molecule has 1 saturated heterocycles. The largest absolute Gasteiger partial charge is 0.433 e. The predicted molar refractivity (Wildman–Crippen MR) is 90.5 cm³/mol. The highest BCUT2D eigenvalue weighted by Crippen LogP contribution is 2.40. The average Bonchev–Trinajstić information content (AvgIpc) is 3.47. The maximum atomic E-state index is 13.2. The molecule has 2 aliphatic rings. The highest BCUT2D eigenvalue weighted by Gasteiger charge is 2.37. The topological polar surface area (TPSA) is 58.0 Å². The SMILES string of the molecule is FC(F)(F)c1cc(N2CCN(c3ncc(Cl)cn3)CC2)nc(C2CC2)n1. The van der Waals surface area contributed by atoms with E-state index in [0.29, 0.717) is 48.8 Å². The molecule has 26 heavy (non-hydrogen) atoms. The fourth-order valence-corrected chi connectivity index (χ4v) is 2.99. The third-order valence-electron chi connectivity index (χ3n) is 4.46. The highest BCUT2D eigenvalue weighted by molar-refractivity contribution is 6.30. The molecular formula is C16H16ClF3N6. The molecule has 1 saturated carbocycles. The van der Waals surface area contributed by atoms with Crippen molar-refractivity contribution in [3.63, 3.8) is 0 Å². The van der Waals surface area contributed by atoms with Gasteiger partial charge in [-0.3, -0.25) is 0 Å². The quantitative estimate of drug-likeness (QED) is 0.810. The molecule has 4 rings (SSSR count). The molecule has 0 unspecified atom stereocenters. The average molecular weight is 385 g/mol. The van der Waals surface area contributed by atoms with Crippen molar-refractivity contribution in [1.82, 2.24) is 19.9 Å². The van der Waals surface area contributed by atoms with Gasteiger partial charge >= 0.3 is 6.18 Å². The first-order chi connectivity index (χ1) is 12.4. The molecule has 0 radical (unpaired) electrons. The summed E-state index contributed by atoms with van der Waals surface area (Å²) in [6.07, 6.45) is 0.279. The van der Waals surface area contributed by atoms with E-state index in [1.165, 1.54) is 12.4 Å². The normalized spacial score (nSPS) is 18.3. The van der Waals surface area contributed by atoms with Crippen LogP contribution >= 0.6 is 11.6 Å². The lowest BCUT2D eigenvalue weighted by Crippen LogP contribution is -2.47. The first-order valence-electron chi connectivity index (χ1n) is 8.34. The minimum Gasteiger partial charge on any atom is -0.353 e. The van der Waals surface area contributed by atoms with Gasteiger partial charge in [0, 0.05) is 38.2 Å². The Morgan fingerprint density at radius 3 is 2.15 bits per heavy atom. The highest BCUT2D eigenvalue weighted by atomic mass is 35.5. The van der Waals surface area contributed by atoms with Crippen LogP contribution < -0.4 is 9.80 Å². The van der Waals surface area contributed by atoms with Crippen molar-refractivity contribution in [2.24, 2.45) is 0 Å². The summed E-state index contributed by atoms with van der Waals surface area (Å²) in [6.45, 7) is 2.24. The van der Waals surface area contributed by atoms with Crippen molar-refractivity contribution in [3.05, 3.63) is 35.0 Å². The van der Waals surface area contributed by atoms with E-state index in [9.17, 15) is 13.2 Å². The molecule has 0 amide bonds. The number of rotatable bonds is 3. The number of aromatic nitrogens is 4. The molecule has 3 heterocycles. The lowest BCUT2D eigenvalue weighted by atomic mass is 10.2. The van der Waals surface area contributed by atoms with Crippen LogP contribution in [0, 0.1) is 0 Å². The van der Waals surface area contributed by atoms with Crippen molar-refractivity contribution in [3.8, 4) is 0 Å². The van der Waals surface area contributed by atoms with E-state index in [0.717, 1.165) is 18.9 Å². The molecule has 2 aromatic heterocycles. The van der Waals surface area contributed by atoms with Gasteiger partial charge in [0.2, 0.25) is 5.95 Å². The van der Waals surface area contributed by atoms with Gasteiger partial charge in [-0.1, -0.05) is 11.6 Å². The Bertz CT molecular complexity index is 786. The van der Waals surface area contributed by atoms with Gasteiger partial charge in [0.15, 0.2) is 0 Å². The Morgan fingerprint density at radius 2 is 1.58 bits per heavy atom. The minimum atomic E-state index is -4.47. The van der Waals surface area contributed by atoms with E-state index in [-0.39, 0.29) is 5.92 Å². The van der Waals surface area contributed by atoms with E-state index >= 15 is 0 Å². The second kappa shape index (κ2) is 6.53. The van der Waals surface area contributed by atoms with Gasteiger partial charge in [-0.15, -0.1) is 0 Å². The van der Waals surface area contributed by atoms with Crippen LogP contribution in [0.3, 0.4) is 0 Å². The van der Waals surface area contributed by atoms with E-state index < -0.39 is 11.9 Å². The second-order valence-electron chi connectivity index (χ2n) is 6.42. The summed E-state index contributed by atoms with van der Waals surface area (Å²) in [4.78, 5) is 20.3. The third-order valence-corrected chi connectivity index (χ3v) is 4.65. The molecule has 10 heteroatoms. The Balaban J connectivity index is 1.52. The Morgan fingerprint density at radius 1 is 0.962 bits per heavy atom. The molecule has 2 aromatic rings. The fourth-order valence-electron chi connectivity index (χ4n) is 2.89. The summed E-state index contributed by atoms with van der Waals surface area (Å²) in [5.74, 6) is 1.26. The van der Waals surface area contributed by atoms with Gasteiger partial charge in [0.1, 0.15) is 17.3 Å². The maximum Gasteiger partial charge on any atom is 0.433 e. The van der Waals surface area contributed by atoms with E-state index in [1.54, 1.807) is 0 Å². The number of piperazine rings is 1. The Kier molecular flexibility index (Phi) is 4.34. The van der Waals surface area contributed by atoms with Gasteiger partial charge in [-0.05, 0) is 12.8 Å². The molecule has 6 nitrogen and oxygen atoms in total. The van der Waals surface area contributed by atoms with Gasteiger partial charge < -0.3 is 9.80 Å². The number of hydrogen-bond donors (Lipinski definition) is 0. The molecule has 1 aliphatic heterocycles. The van der Waals surface area contributed by atoms with Gasteiger partial charge in [0.25, 0.3) is 0 Å². The van der Waals surface area contributed by atoms with Crippen LogP contribution in [0.1, 0.15) is 30.3 Å². The Labute approximate surface area is 153 Å². The number of halogens is 4. The van der Waals surface area contributed by atoms with Gasteiger partial charge in [0.05, 0.1) is 17.4 Å². The van der Waals surface area contributed by atoms with E-state index in [1.807, 2.05) is 9.80 Å². The van der Waals surface area contributed by atoms with Crippen LogP contribution in [0.25, 0.3) is 0 Å². The summed E-state index contributed by atoms with van der Waals surface area (Å²) in [5.41, 5.74) is -0.868. The molecule has 0 N–H and O–H groups in total. The zero-order valence-electron chi connectivity index (χ0n) is 13.7. The summed E-state index contributed by atoms with van der Waals surface area (Å²) < 4.78 is 39.5. The first kappa shape index (κ1) is 17.3. The number of anilines is 2. The smallest absolute Gasteiger partial charge is 0.353 e. The van der Waals surface area contributed by atoms with Crippen LogP contribution in [0.15, 0.2) is 18.5 Å². The fraction of sp³-hybridized carbons (Fsp3) is 0.500. The van der Waals surface area contributed by atoms with Crippen molar-refractivity contribution < 1.29 is 13.2 Å². The maximum absolute atomic E-state index is 13.2. The van der Waals surface area contributed by atoms with Crippen molar-refractivity contribution >= 4 is 23.4 Å². The van der Waals surface area contributed by atoms with Crippen molar-refractivity contribution in [2.45, 2.75) is 24.9 Å². The molecule has 2 fully saturated rings. The third kappa shape index (κ3) is 3.67. The van der Waals surface area contributed by atoms with Crippen LogP contribution in [0.4, 0.5) is 24.9 Å². The van der Waals surface area contributed by atoms with Crippen LogP contribution in [-0.4, -0.2) is 46.1 Å². The zero-order chi connectivity index (χ0) is 18.3. The zero-order valence-corrected chi connectivity index (χ0v) is 14.5. The summed E-state index contributed by atoms with van der Waals surface area (Å²) in [5, 5.41) is 0.459. The molecule has 1 aliphatic carbocycles. The van der Waals surface area contributed by atoms with Gasteiger partial charge in [-0.2, -0.15) is 13.2 Å². The van der Waals surface area contributed by atoms with Crippen LogP contribution in [0.5, 0.6) is 0 Å². The molecule has 0 bridgehead atoms. The number of hydrogen-bond acceptors (Lipinski definition) is 6. The molecule has 138 valence electrons. The molecule has 0 aromatic carbocycles. The van der Waals surface area contributed by atoms with Crippen molar-refractivity contribution in [1.29, 1.82) is 0 Å². The molecular weight excluding hydrogens is 369 g/mol. The lowest BCUT2D eigenvalue weighted by Gasteiger charge is -2.35. The number of nitrogens with zero attached hydrogens (tertiary/aromatic N) is 6. The van der Waals surface area contributed by atoms with E-state index in [4.69, 9.17) is 11.6 Å². The van der Waals surface area contributed by atoms with E-state index in [2.05, 4.69) is 19.9 Å². The summed E-state index contributed by atoms with van der Waals surface area (Å²) >= 11 is 5.79. The van der Waals surface area contributed by atoms with Crippen LogP contribution in [0.2, 0.25) is 5.02 Å². The Hall–Kier alpha value is -2.16. The second-order valence-corrected chi connectivity index (χ2v) is 6.85. The van der Waals surface area contributed by atoms with Gasteiger partial charge in [-0.25, -0.2) is 19.9 Å². The monoisotopic (exact) mass is 384 g/mol. The molecule has 0 atom stereocenters. The number of alkyl halides is 3. The predicted octanol–water partition coefficient (Wildman–Crippen LogP) is 3.14. The standard InChI is InChI=1S/C16H16ClF3N6/c17-11-8-21-15(22-9-11)26-5-3-25(4-6-26)13-7-12(16(18,19)20)23-14(24-13)10-1-2-10/h7-10H,1-6H2. The lowest BCUT2D eigenvalue weighted by molar-refractivity contribution is -0.141.